The second-order valence-corrected chi connectivity index (χ2v) is 6.52. The number of carbonyl (C=O) groups excluding carboxylic acids is 1. The Balaban J connectivity index is 1.60. The number of amides is 1. The topological polar surface area (TPSA) is 32.8 Å². The zero-order valence-corrected chi connectivity index (χ0v) is 13.4. The molecule has 0 aromatic heterocycles. The monoisotopic (exact) mass is 302 g/mol. The molecule has 22 heavy (non-hydrogen) atoms. The lowest BCUT2D eigenvalue weighted by Gasteiger charge is -2.30. The van der Waals surface area contributed by atoms with Gasteiger partial charge in [0.2, 0.25) is 5.91 Å². The second kappa shape index (κ2) is 7.25. The van der Waals surface area contributed by atoms with Crippen LogP contribution in [0.15, 0.2) is 30.3 Å². The summed E-state index contributed by atoms with van der Waals surface area (Å²) in [5.74, 6) is 0.384. The number of carbonyl (C=O) groups is 1. The number of hydrogen-bond donors (Lipinski definition) is 0. The zero-order valence-electron chi connectivity index (χ0n) is 13.4. The number of nitrogens with zero attached hydrogens (tertiary/aromatic N) is 2. The highest BCUT2D eigenvalue weighted by molar-refractivity contribution is 5.79. The maximum absolute atomic E-state index is 12.7. The first-order valence-corrected chi connectivity index (χ1v) is 8.38. The molecular weight excluding hydrogens is 276 g/mol. The third-order valence-electron chi connectivity index (χ3n) is 4.74. The fourth-order valence-electron chi connectivity index (χ4n) is 3.52. The molecule has 0 saturated carbocycles. The first kappa shape index (κ1) is 15.5. The van der Waals surface area contributed by atoms with Gasteiger partial charge in [0.25, 0.3) is 0 Å². The summed E-state index contributed by atoms with van der Waals surface area (Å²) in [6.07, 6.45) is 1.94. The minimum atomic E-state index is 0.0862. The predicted molar refractivity (Wildman–Crippen MR) is 86.4 cm³/mol. The van der Waals surface area contributed by atoms with Gasteiger partial charge in [0, 0.05) is 38.8 Å². The molecule has 2 fully saturated rings. The number of hydrogen-bond acceptors (Lipinski definition) is 3. The van der Waals surface area contributed by atoms with Crippen LogP contribution in [0.3, 0.4) is 0 Å². The third-order valence-corrected chi connectivity index (χ3v) is 4.74. The molecule has 0 N–H and O–H groups in total. The van der Waals surface area contributed by atoms with E-state index in [0.717, 1.165) is 45.6 Å². The van der Waals surface area contributed by atoms with Crippen LogP contribution < -0.4 is 0 Å². The summed E-state index contributed by atoms with van der Waals surface area (Å²) in [6.45, 7) is 7.38. The molecule has 4 nitrogen and oxygen atoms in total. The normalized spacial score (nSPS) is 26.9. The lowest BCUT2D eigenvalue weighted by atomic mass is 10.1. The molecular formula is C18H26N2O2. The molecule has 1 amide bonds. The quantitative estimate of drug-likeness (QED) is 0.857. The van der Waals surface area contributed by atoms with Crippen molar-refractivity contribution < 1.29 is 9.53 Å². The SMILES string of the molecule is C[C@H]1CN(Cc2ccccc2)CCCN1C(=O)[C@H]1CCOC1. The van der Waals surface area contributed by atoms with Crippen molar-refractivity contribution in [2.24, 2.45) is 5.92 Å². The smallest absolute Gasteiger partial charge is 0.228 e. The van der Waals surface area contributed by atoms with Gasteiger partial charge >= 0.3 is 0 Å². The van der Waals surface area contributed by atoms with Crippen LogP contribution in [0.5, 0.6) is 0 Å². The van der Waals surface area contributed by atoms with E-state index < -0.39 is 0 Å². The average molecular weight is 302 g/mol. The van der Waals surface area contributed by atoms with Crippen LogP contribution in [0.4, 0.5) is 0 Å². The minimum absolute atomic E-state index is 0.0862. The van der Waals surface area contributed by atoms with E-state index in [1.807, 2.05) is 0 Å². The summed E-state index contributed by atoms with van der Waals surface area (Å²) in [7, 11) is 0. The van der Waals surface area contributed by atoms with Gasteiger partial charge in [-0.05, 0) is 25.3 Å². The Morgan fingerprint density at radius 1 is 1.27 bits per heavy atom. The molecule has 0 bridgehead atoms. The molecule has 0 aliphatic carbocycles. The second-order valence-electron chi connectivity index (χ2n) is 6.52. The molecule has 2 atom stereocenters. The van der Waals surface area contributed by atoms with E-state index in [9.17, 15) is 4.79 Å². The van der Waals surface area contributed by atoms with E-state index in [2.05, 4.69) is 47.1 Å². The lowest BCUT2D eigenvalue weighted by Crippen LogP contribution is -2.45. The summed E-state index contributed by atoms with van der Waals surface area (Å²) in [5, 5.41) is 0. The van der Waals surface area contributed by atoms with E-state index in [0.29, 0.717) is 12.5 Å². The van der Waals surface area contributed by atoms with E-state index in [1.54, 1.807) is 0 Å². The van der Waals surface area contributed by atoms with Crippen LogP contribution in [-0.4, -0.2) is 54.6 Å². The Bertz CT molecular complexity index is 485. The molecule has 1 aromatic rings. The Morgan fingerprint density at radius 2 is 2.09 bits per heavy atom. The van der Waals surface area contributed by atoms with Gasteiger partial charge < -0.3 is 9.64 Å². The Labute approximate surface area is 133 Å². The maximum Gasteiger partial charge on any atom is 0.228 e. The standard InChI is InChI=1S/C18H26N2O2/c1-15-12-19(13-16-6-3-2-4-7-16)9-5-10-20(15)18(21)17-8-11-22-14-17/h2-4,6-7,15,17H,5,8-14H2,1H3/t15-,17-/m0/s1. The van der Waals surface area contributed by atoms with Crippen molar-refractivity contribution in [1.82, 2.24) is 9.80 Å². The van der Waals surface area contributed by atoms with Gasteiger partial charge in [-0.25, -0.2) is 0 Å². The number of benzene rings is 1. The molecule has 120 valence electrons. The van der Waals surface area contributed by atoms with Gasteiger partial charge in [-0.2, -0.15) is 0 Å². The fraction of sp³-hybridized carbons (Fsp3) is 0.611. The fourth-order valence-corrected chi connectivity index (χ4v) is 3.52. The van der Waals surface area contributed by atoms with Gasteiger partial charge in [-0.3, -0.25) is 9.69 Å². The van der Waals surface area contributed by atoms with Crippen LogP contribution in [-0.2, 0) is 16.1 Å². The van der Waals surface area contributed by atoms with Gasteiger partial charge in [0.05, 0.1) is 12.5 Å². The van der Waals surface area contributed by atoms with Crippen molar-refractivity contribution >= 4 is 5.91 Å². The van der Waals surface area contributed by atoms with Gasteiger partial charge in [-0.15, -0.1) is 0 Å². The molecule has 2 heterocycles. The predicted octanol–water partition coefficient (Wildman–Crippen LogP) is 2.15. The van der Waals surface area contributed by atoms with Crippen molar-refractivity contribution in [2.75, 3.05) is 32.8 Å². The highest BCUT2D eigenvalue weighted by Crippen LogP contribution is 2.20. The molecule has 4 heteroatoms. The highest BCUT2D eigenvalue weighted by Gasteiger charge is 2.32. The summed E-state index contributed by atoms with van der Waals surface area (Å²) in [4.78, 5) is 17.2. The molecule has 1 aromatic carbocycles. The van der Waals surface area contributed by atoms with Crippen molar-refractivity contribution in [3.05, 3.63) is 35.9 Å². The Kier molecular flexibility index (Phi) is 5.11. The van der Waals surface area contributed by atoms with Crippen molar-refractivity contribution in [1.29, 1.82) is 0 Å². The van der Waals surface area contributed by atoms with Crippen LogP contribution >= 0.6 is 0 Å². The third kappa shape index (κ3) is 3.68. The van der Waals surface area contributed by atoms with Crippen LogP contribution in [0.25, 0.3) is 0 Å². The largest absolute Gasteiger partial charge is 0.381 e. The molecule has 2 aliphatic heterocycles. The van der Waals surface area contributed by atoms with Gasteiger partial charge in [0.15, 0.2) is 0 Å². The molecule has 3 rings (SSSR count). The van der Waals surface area contributed by atoms with E-state index in [1.165, 1.54) is 5.56 Å². The zero-order chi connectivity index (χ0) is 15.4. The lowest BCUT2D eigenvalue weighted by molar-refractivity contribution is -0.137. The molecule has 0 radical (unpaired) electrons. The van der Waals surface area contributed by atoms with Crippen LogP contribution in [0.1, 0.15) is 25.3 Å². The minimum Gasteiger partial charge on any atom is -0.381 e. The molecule has 0 unspecified atom stereocenters. The Morgan fingerprint density at radius 3 is 2.82 bits per heavy atom. The van der Waals surface area contributed by atoms with Crippen molar-refractivity contribution in [3.63, 3.8) is 0 Å². The van der Waals surface area contributed by atoms with Crippen molar-refractivity contribution in [3.8, 4) is 0 Å². The van der Waals surface area contributed by atoms with Gasteiger partial charge in [0.1, 0.15) is 0 Å². The summed E-state index contributed by atoms with van der Waals surface area (Å²) < 4.78 is 5.38. The van der Waals surface area contributed by atoms with Crippen LogP contribution in [0.2, 0.25) is 0 Å². The van der Waals surface area contributed by atoms with E-state index in [4.69, 9.17) is 4.74 Å². The van der Waals surface area contributed by atoms with Crippen molar-refractivity contribution in [2.45, 2.75) is 32.4 Å². The average Bonchev–Trinajstić information content (AvgIpc) is 3.00. The summed E-state index contributed by atoms with van der Waals surface area (Å²) in [5.41, 5.74) is 1.35. The highest BCUT2D eigenvalue weighted by atomic mass is 16.5. The molecule has 2 saturated heterocycles. The number of rotatable bonds is 3. The summed E-state index contributed by atoms with van der Waals surface area (Å²) in [6, 6.07) is 10.9. The molecule has 2 aliphatic rings. The maximum atomic E-state index is 12.7. The Hall–Kier alpha value is -1.39. The number of ether oxygens (including phenoxy) is 1. The first-order valence-electron chi connectivity index (χ1n) is 8.38. The van der Waals surface area contributed by atoms with E-state index >= 15 is 0 Å². The van der Waals surface area contributed by atoms with Crippen LogP contribution in [0, 0.1) is 5.92 Å². The summed E-state index contributed by atoms with van der Waals surface area (Å²) >= 11 is 0. The van der Waals surface area contributed by atoms with Gasteiger partial charge in [-0.1, -0.05) is 30.3 Å². The van der Waals surface area contributed by atoms with E-state index in [-0.39, 0.29) is 12.0 Å². The molecule has 0 spiro atoms. The first-order chi connectivity index (χ1) is 10.7.